The third-order valence-corrected chi connectivity index (χ3v) is 14.8. The van der Waals surface area contributed by atoms with Crippen molar-refractivity contribution in [2.75, 3.05) is 32.6 Å². The molecule has 3 aromatic heterocycles. The fourth-order valence-corrected chi connectivity index (χ4v) is 10.1. The van der Waals surface area contributed by atoms with Crippen LogP contribution in [-0.2, 0) is 84.5 Å². The number of nitrogens with zero attached hydrogens (tertiary/aromatic N) is 4. The average molecular weight is 1130 g/mol. The smallest absolute Gasteiger partial charge is 0.343 e. The summed E-state index contributed by atoms with van der Waals surface area (Å²) in [5.74, 6) is 0.162. The lowest BCUT2D eigenvalue weighted by molar-refractivity contribution is -0.172. The highest BCUT2D eigenvalue weighted by Crippen LogP contribution is 2.47. The summed E-state index contributed by atoms with van der Waals surface area (Å²) in [4.78, 5) is 117. The molecule has 6 amide bonds. The molecule has 0 radical (unpaired) electrons. The second kappa shape index (κ2) is 24.2. The Bertz CT molecular complexity index is 3540. The van der Waals surface area contributed by atoms with Crippen molar-refractivity contribution in [2.24, 2.45) is 0 Å². The number of fused-ring (bicyclic) bond motifs is 5. The average Bonchev–Trinajstić information content (AvgIpc) is 4.04. The van der Waals surface area contributed by atoms with Crippen LogP contribution in [0, 0.1) is 17.7 Å². The second-order valence-corrected chi connectivity index (χ2v) is 21.2. The number of halogens is 2. The first kappa shape index (κ1) is 57.0. The molecule has 23 nitrogen and oxygen atoms in total. The number of amides is 6. The van der Waals surface area contributed by atoms with E-state index >= 15 is 4.39 Å². The Kier molecular flexibility index (Phi) is 17.5. The number of hydrogen-bond acceptors (Lipinski definition) is 16. The molecular formula is C53H54ClFN10O13S. The van der Waals surface area contributed by atoms with E-state index in [0.717, 1.165) is 6.26 Å². The van der Waals surface area contributed by atoms with Crippen LogP contribution in [0.25, 0.3) is 22.3 Å². The Morgan fingerprint density at radius 1 is 0.949 bits per heavy atom. The summed E-state index contributed by atoms with van der Waals surface area (Å²) in [5, 5.41) is 26.8. The predicted molar refractivity (Wildman–Crippen MR) is 279 cm³/mol. The summed E-state index contributed by atoms with van der Waals surface area (Å²) < 4.78 is 50.6. The highest BCUT2D eigenvalue weighted by atomic mass is 35.5. The summed E-state index contributed by atoms with van der Waals surface area (Å²) in [6.07, 6.45) is 3.59. The first-order valence-corrected chi connectivity index (χ1v) is 27.3. The number of rotatable bonds is 20. The van der Waals surface area contributed by atoms with Crippen molar-refractivity contribution in [1.82, 2.24) is 51.4 Å². The maximum atomic E-state index is 15.3. The van der Waals surface area contributed by atoms with E-state index in [-0.39, 0.29) is 72.1 Å². The van der Waals surface area contributed by atoms with Gasteiger partial charge in [0.25, 0.3) is 5.56 Å². The summed E-state index contributed by atoms with van der Waals surface area (Å²) in [6.45, 7) is 0.727. The first-order chi connectivity index (χ1) is 37.7. The summed E-state index contributed by atoms with van der Waals surface area (Å²) >= 11 is 6.51. The molecule has 2 aliphatic heterocycles. The Hall–Kier alpha value is -8.18. The Balaban J connectivity index is 0.811. The van der Waals surface area contributed by atoms with Gasteiger partial charge in [-0.25, -0.2) is 32.6 Å². The van der Waals surface area contributed by atoms with E-state index in [4.69, 9.17) is 26.1 Å². The molecule has 414 valence electrons. The van der Waals surface area contributed by atoms with E-state index in [2.05, 4.69) is 53.7 Å². The van der Waals surface area contributed by atoms with Gasteiger partial charge in [0.15, 0.2) is 5.60 Å². The second-order valence-electron chi connectivity index (χ2n) is 18.9. The molecule has 0 fully saturated rings. The van der Waals surface area contributed by atoms with Crippen molar-refractivity contribution in [3.63, 3.8) is 0 Å². The Labute approximate surface area is 456 Å². The van der Waals surface area contributed by atoms with Gasteiger partial charge in [-0.2, -0.15) is 0 Å². The minimum absolute atomic E-state index is 0.000239. The van der Waals surface area contributed by atoms with Gasteiger partial charge >= 0.3 is 5.97 Å². The molecular weight excluding hydrogens is 1070 g/mol. The number of ether oxygens (including phenoxy) is 2. The number of aliphatic hydroxyl groups is 1. The fraction of sp³-hybridized carbons (Fsp3) is 0.377. The SMILES string of the molecule is CC[C@@]1(O)C(=O)OCc2c1cc1n(c2=O)Cc2c-1nc1cc(F)c(Cl)c3c1c2[C@H](NC(=O)[C@H](C)OCNC(=O)CNC(=O)[C@H](Cc1ccccc1)NC(=O)CNC(=O)CNC(=O)CCCC#Cc1cnc(S(C)(=O)=O)nc1)CC3. The number of carbonyl (C=O) groups excluding carboxylic acids is 7. The van der Waals surface area contributed by atoms with Crippen LogP contribution < -0.4 is 37.5 Å². The molecule has 7 N–H and O–H groups in total. The zero-order valence-corrected chi connectivity index (χ0v) is 44.5. The number of esters is 1. The molecule has 0 saturated carbocycles. The molecule has 5 heterocycles. The normalized spacial score (nSPS) is 16.6. The van der Waals surface area contributed by atoms with Gasteiger partial charge in [0.05, 0.1) is 65.3 Å². The van der Waals surface area contributed by atoms with E-state index < -0.39 is 113 Å². The summed E-state index contributed by atoms with van der Waals surface area (Å²) in [7, 11) is -3.55. The van der Waals surface area contributed by atoms with Crippen molar-refractivity contribution < 1.29 is 61.0 Å². The van der Waals surface area contributed by atoms with Gasteiger partial charge in [-0.3, -0.25) is 33.6 Å². The zero-order valence-electron chi connectivity index (χ0n) is 42.9. The monoisotopic (exact) mass is 1120 g/mol. The third-order valence-electron chi connectivity index (χ3n) is 13.5. The van der Waals surface area contributed by atoms with Crippen molar-refractivity contribution in [2.45, 2.75) is 101 Å². The maximum Gasteiger partial charge on any atom is 0.343 e. The molecule has 26 heteroatoms. The number of aromatic nitrogens is 4. The third kappa shape index (κ3) is 12.9. The Morgan fingerprint density at radius 3 is 2.37 bits per heavy atom. The largest absolute Gasteiger partial charge is 0.458 e. The molecule has 0 saturated heterocycles. The molecule has 0 bridgehead atoms. The lowest BCUT2D eigenvalue weighted by Gasteiger charge is -2.31. The van der Waals surface area contributed by atoms with Gasteiger partial charge in [-0.15, -0.1) is 0 Å². The lowest BCUT2D eigenvalue weighted by Crippen LogP contribution is -2.52. The molecule has 4 atom stereocenters. The number of carbonyl (C=O) groups is 7. The predicted octanol–water partition coefficient (Wildman–Crippen LogP) is 0.946. The molecule has 5 aromatic rings. The zero-order chi connectivity index (χ0) is 56.8. The minimum atomic E-state index is -3.55. The van der Waals surface area contributed by atoms with Crippen molar-refractivity contribution in [1.29, 1.82) is 0 Å². The highest BCUT2D eigenvalue weighted by Gasteiger charge is 2.46. The maximum absolute atomic E-state index is 15.3. The van der Waals surface area contributed by atoms with Gasteiger partial charge in [-0.05, 0) is 55.4 Å². The van der Waals surface area contributed by atoms with E-state index in [1.54, 1.807) is 37.3 Å². The Morgan fingerprint density at radius 2 is 1.65 bits per heavy atom. The molecule has 79 heavy (non-hydrogen) atoms. The number of pyridine rings is 2. The number of nitrogens with one attached hydrogen (secondary N) is 6. The number of aryl methyl sites for hydroxylation is 1. The van der Waals surface area contributed by atoms with Crippen LogP contribution in [0.2, 0.25) is 5.02 Å². The van der Waals surface area contributed by atoms with Gasteiger partial charge in [0.1, 0.15) is 31.3 Å². The molecule has 8 rings (SSSR count). The number of cyclic esters (lactones) is 1. The molecule has 3 aliphatic rings. The minimum Gasteiger partial charge on any atom is -0.458 e. The summed E-state index contributed by atoms with van der Waals surface area (Å²) in [6, 6.07) is 9.53. The number of benzene rings is 2. The fourth-order valence-electron chi connectivity index (χ4n) is 9.35. The van der Waals surface area contributed by atoms with Crippen LogP contribution in [0.5, 0.6) is 0 Å². The van der Waals surface area contributed by atoms with Gasteiger partial charge in [0.2, 0.25) is 50.4 Å². The quantitative estimate of drug-likeness (QED) is 0.0184. The van der Waals surface area contributed by atoms with Crippen LogP contribution in [0.1, 0.15) is 90.9 Å². The number of sulfone groups is 1. The highest BCUT2D eigenvalue weighted by molar-refractivity contribution is 7.90. The van der Waals surface area contributed by atoms with E-state index in [9.17, 15) is 51.9 Å². The number of unbranched alkanes of at least 4 members (excludes halogenated alkanes) is 1. The van der Waals surface area contributed by atoms with Crippen molar-refractivity contribution in [3.8, 4) is 23.2 Å². The van der Waals surface area contributed by atoms with Gasteiger partial charge < -0.3 is 51.0 Å². The van der Waals surface area contributed by atoms with E-state index in [0.29, 0.717) is 57.4 Å². The number of hydrogen-bond donors (Lipinski definition) is 7. The van der Waals surface area contributed by atoms with Crippen LogP contribution in [0.15, 0.2) is 64.8 Å². The van der Waals surface area contributed by atoms with E-state index in [1.807, 2.05) is 0 Å². The van der Waals surface area contributed by atoms with Gasteiger partial charge in [0, 0.05) is 60.5 Å². The van der Waals surface area contributed by atoms with Crippen LogP contribution >= 0.6 is 11.6 Å². The molecule has 0 unspecified atom stereocenters. The lowest BCUT2D eigenvalue weighted by atomic mass is 9.83. The van der Waals surface area contributed by atoms with E-state index in [1.165, 1.54) is 36.0 Å². The van der Waals surface area contributed by atoms with Crippen LogP contribution in [0.4, 0.5) is 4.39 Å². The first-order valence-electron chi connectivity index (χ1n) is 25.0. The summed E-state index contributed by atoms with van der Waals surface area (Å²) in [5.41, 5.74) is 1.11. The van der Waals surface area contributed by atoms with Crippen molar-refractivity contribution in [3.05, 3.63) is 115 Å². The van der Waals surface area contributed by atoms with Crippen LogP contribution in [0.3, 0.4) is 0 Å². The molecule has 1 aliphatic carbocycles. The van der Waals surface area contributed by atoms with Gasteiger partial charge in [-0.1, -0.05) is 60.7 Å². The van der Waals surface area contributed by atoms with Crippen molar-refractivity contribution >= 4 is 73.8 Å². The standard InChI is InChI=1S/C53H54ClFN10O13S/c1-4-53(74)34-18-39-47-32(25-65(39)50(72)33(34)26-77-51(53)73)45-36(16-15-31-44(45)37(63-47)19-35(55)46(31)54)64-48(70)28(2)78-27-61-42(68)23-58-49(71)38(17-29-11-7-5-8-12-29)62-43(69)24-57-41(67)22-56-40(66)14-10-6-9-13-30-20-59-52(60-21-30)79(3,75)76/h5,7-8,11-12,18-21,28,36,38,74H,4,6,10,14-17,22-27H2,1-3H3,(H,56,66)(H,57,67)(H,58,71)(H,61,68)(H,62,69)(H,64,70)/t28-,36+,38-,53-/m0/s1. The topological polar surface area (TPSA) is 325 Å². The molecule has 0 spiro atoms. The van der Waals surface area contributed by atoms with Crippen LogP contribution in [-0.4, -0.2) is 119 Å². The molecule has 2 aromatic carbocycles.